The first-order valence-electron chi connectivity index (χ1n) is 18.9. The van der Waals surface area contributed by atoms with Crippen molar-refractivity contribution in [3.05, 3.63) is 200 Å². The summed E-state index contributed by atoms with van der Waals surface area (Å²) in [5.41, 5.74) is 11.9. The Morgan fingerprint density at radius 1 is 0.268 bits per heavy atom. The predicted octanol–water partition coefficient (Wildman–Crippen LogP) is 12.7. The lowest BCUT2D eigenvalue weighted by molar-refractivity contribution is 0.953. The van der Waals surface area contributed by atoms with Crippen molar-refractivity contribution >= 4 is 43.6 Å². The fraction of sp³-hybridized carbons (Fsp3) is 0. The van der Waals surface area contributed by atoms with Crippen molar-refractivity contribution in [2.24, 2.45) is 0 Å². The second kappa shape index (κ2) is 13.0. The first kappa shape index (κ1) is 31.9. The van der Waals surface area contributed by atoms with Gasteiger partial charge in [0.15, 0.2) is 11.6 Å². The molecule has 0 N–H and O–H groups in total. The number of rotatable bonds is 6. The number of aromatic nitrogens is 5. The van der Waals surface area contributed by atoms with Gasteiger partial charge in [0.25, 0.3) is 0 Å². The van der Waals surface area contributed by atoms with E-state index < -0.39 is 0 Å². The maximum absolute atomic E-state index is 5.25. The average molecular weight is 716 g/mol. The van der Waals surface area contributed by atoms with E-state index in [-0.39, 0.29) is 0 Å². The first-order valence-corrected chi connectivity index (χ1v) is 18.9. The molecule has 0 unspecified atom stereocenters. The van der Waals surface area contributed by atoms with Gasteiger partial charge in [0.05, 0.1) is 22.1 Å². The maximum Gasteiger partial charge on any atom is 0.238 e. The Bertz CT molecular complexity index is 3140. The molecule has 0 spiro atoms. The van der Waals surface area contributed by atoms with Crippen LogP contribution in [0.15, 0.2) is 200 Å². The fourth-order valence-electron chi connectivity index (χ4n) is 8.17. The van der Waals surface area contributed by atoms with Gasteiger partial charge < -0.3 is 4.57 Å². The summed E-state index contributed by atoms with van der Waals surface area (Å²) in [4.78, 5) is 15.7. The van der Waals surface area contributed by atoms with Crippen molar-refractivity contribution in [1.29, 1.82) is 0 Å². The highest BCUT2D eigenvalue weighted by Gasteiger charge is 2.19. The quantitative estimate of drug-likeness (QED) is 0.172. The van der Waals surface area contributed by atoms with Crippen molar-refractivity contribution in [2.75, 3.05) is 0 Å². The molecule has 0 atom stereocenters. The molecule has 0 bridgehead atoms. The van der Waals surface area contributed by atoms with Crippen LogP contribution in [0.25, 0.3) is 100 Å². The lowest BCUT2D eigenvalue weighted by Gasteiger charge is -2.13. The maximum atomic E-state index is 5.25. The predicted molar refractivity (Wildman–Crippen MR) is 230 cm³/mol. The Labute approximate surface area is 323 Å². The molecule has 0 aliphatic heterocycles. The normalized spacial score (nSPS) is 11.6. The van der Waals surface area contributed by atoms with Crippen molar-refractivity contribution in [3.8, 4) is 56.7 Å². The van der Waals surface area contributed by atoms with E-state index in [0.717, 1.165) is 60.8 Å². The molecule has 8 aromatic carbocycles. The highest BCUT2D eigenvalue weighted by Crippen LogP contribution is 2.35. The Morgan fingerprint density at radius 2 is 0.679 bits per heavy atom. The standard InChI is InChI=1S/C51H33N5/c1-2-14-34(15-3-1)37-16-12-17-38(32-37)35-28-30-36(31-29-35)49-52-50(54-51(53-49)56-47-26-10-6-22-43(47)44-23-7-11-27-48(44)56)39-18-13-19-40(33-39)55-45-24-8-4-20-41(45)42-21-5-9-25-46(42)55/h1-33H. The Balaban J connectivity index is 1.08. The molecular formula is C51H33N5. The summed E-state index contributed by atoms with van der Waals surface area (Å²) >= 11 is 0. The second-order valence-electron chi connectivity index (χ2n) is 14.1. The van der Waals surface area contributed by atoms with Crippen LogP contribution in [0.4, 0.5) is 0 Å². The van der Waals surface area contributed by atoms with Crippen LogP contribution < -0.4 is 0 Å². The van der Waals surface area contributed by atoms with Crippen LogP contribution in [0.1, 0.15) is 0 Å². The van der Waals surface area contributed by atoms with Gasteiger partial charge in [-0.15, -0.1) is 0 Å². The van der Waals surface area contributed by atoms with Gasteiger partial charge in [-0.3, -0.25) is 4.57 Å². The molecule has 56 heavy (non-hydrogen) atoms. The molecule has 11 rings (SSSR count). The Hall–Kier alpha value is -7.63. The van der Waals surface area contributed by atoms with Gasteiger partial charge in [-0.05, 0) is 64.7 Å². The number of hydrogen-bond donors (Lipinski definition) is 0. The second-order valence-corrected chi connectivity index (χ2v) is 14.1. The third-order valence-electron chi connectivity index (χ3n) is 10.8. The van der Waals surface area contributed by atoms with Gasteiger partial charge in [0.1, 0.15) is 0 Å². The van der Waals surface area contributed by atoms with Crippen LogP contribution in [0.5, 0.6) is 0 Å². The summed E-state index contributed by atoms with van der Waals surface area (Å²) in [6.07, 6.45) is 0. The fourth-order valence-corrected chi connectivity index (χ4v) is 8.17. The molecule has 3 heterocycles. The van der Waals surface area contributed by atoms with Crippen LogP contribution in [0.2, 0.25) is 0 Å². The molecule has 11 aromatic rings. The summed E-state index contributed by atoms with van der Waals surface area (Å²) in [6.45, 7) is 0. The van der Waals surface area contributed by atoms with E-state index in [1.54, 1.807) is 0 Å². The topological polar surface area (TPSA) is 48.5 Å². The van der Waals surface area contributed by atoms with Crippen molar-refractivity contribution in [3.63, 3.8) is 0 Å². The van der Waals surface area contributed by atoms with Crippen LogP contribution in [-0.2, 0) is 0 Å². The molecule has 5 heteroatoms. The molecule has 0 aliphatic rings. The van der Waals surface area contributed by atoms with Gasteiger partial charge in [-0.1, -0.05) is 158 Å². The minimum atomic E-state index is 0.573. The molecule has 0 saturated heterocycles. The molecule has 0 fully saturated rings. The van der Waals surface area contributed by atoms with Crippen LogP contribution in [0.3, 0.4) is 0 Å². The van der Waals surface area contributed by atoms with E-state index in [2.05, 4.69) is 203 Å². The third kappa shape index (κ3) is 5.29. The van der Waals surface area contributed by atoms with Gasteiger partial charge in [-0.25, -0.2) is 4.98 Å². The van der Waals surface area contributed by atoms with Crippen LogP contribution in [0, 0.1) is 0 Å². The van der Waals surface area contributed by atoms with Gasteiger partial charge >= 0.3 is 0 Å². The molecule has 5 nitrogen and oxygen atoms in total. The molecule has 0 radical (unpaired) electrons. The number of hydrogen-bond acceptors (Lipinski definition) is 3. The highest BCUT2D eigenvalue weighted by atomic mass is 15.2. The van der Waals surface area contributed by atoms with Gasteiger partial charge in [-0.2, -0.15) is 9.97 Å². The number of fused-ring (bicyclic) bond motifs is 6. The summed E-state index contributed by atoms with van der Waals surface area (Å²) in [5.74, 6) is 1.79. The van der Waals surface area contributed by atoms with E-state index in [1.807, 2.05) is 6.07 Å². The molecule has 0 amide bonds. The lowest BCUT2D eigenvalue weighted by atomic mass is 9.98. The summed E-state index contributed by atoms with van der Waals surface area (Å²) in [7, 11) is 0. The SMILES string of the molecule is c1ccc(-c2cccc(-c3ccc(-c4nc(-c5cccc(-n6c7ccccc7c7ccccc76)c5)nc(-n5c6ccccc6c6ccccc65)n4)cc3)c2)cc1. The number of benzene rings is 8. The lowest BCUT2D eigenvalue weighted by Crippen LogP contribution is -2.06. The molecule has 262 valence electrons. The summed E-state index contributed by atoms with van der Waals surface area (Å²) < 4.78 is 4.50. The minimum Gasteiger partial charge on any atom is -0.309 e. The van der Waals surface area contributed by atoms with E-state index >= 15 is 0 Å². The van der Waals surface area contributed by atoms with Crippen molar-refractivity contribution < 1.29 is 0 Å². The first-order chi connectivity index (χ1) is 27.8. The van der Waals surface area contributed by atoms with Crippen LogP contribution in [-0.4, -0.2) is 24.1 Å². The zero-order valence-electron chi connectivity index (χ0n) is 30.3. The Kier molecular flexibility index (Phi) is 7.42. The van der Waals surface area contributed by atoms with E-state index in [0.29, 0.717) is 17.6 Å². The summed E-state index contributed by atoms with van der Waals surface area (Å²) in [5, 5.41) is 4.75. The highest BCUT2D eigenvalue weighted by molar-refractivity contribution is 6.10. The summed E-state index contributed by atoms with van der Waals surface area (Å²) in [6, 6.07) is 70.4. The Morgan fingerprint density at radius 3 is 1.25 bits per heavy atom. The van der Waals surface area contributed by atoms with Crippen molar-refractivity contribution in [1.82, 2.24) is 24.1 Å². The van der Waals surface area contributed by atoms with Crippen LogP contribution >= 0.6 is 0 Å². The number of para-hydroxylation sites is 4. The molecular weight excluding hydrogens is 683 g/mol. The smallest absolute Gasteiger partial charge is 0.238 e. The molecule has 0 saturated carbocycles. The van der Waals surface area contributed by atoms with Gasteiger partial charge in [0, 0.05) is 38.4 Å². The van der Waals surface area contributed by atoms with Crippen molar-refractivity contribution in [2.45, 2.75) is 0 Å². The monoisotopic (exact) mass is 715 g/mol. The largest absolute Gasteiger partial charge is 0.309 e. The van der Waals surface area contributed by atoms with E-state index in [9.17, 15) is 0 Å². The average Bonchev–Trinajstić information content (AvgIpc) is 3.80. The van der Waals surface area contributed by atoms with E-state index in [4.69, 9.17) is 15.0 Å². The zero-order valence-corrected chi connectivity index (χ0v) is 30.3. The zero-order chi connectivity index (χ0) is 37.0. The minimum absolute atomic E-state index is 0.573. The third-order valence-corrected chi connectivity index (χ3v) is 10.8. The van der Waals surface area contributed by atoms with E-state index in [1.165, 1.54) is 21.9 Å². The molecule has 0 aliphatic carbocycles. The molecule has 3 aromatic heterocycles. The van der Waals surface area contributed by atoms with Gasteiger partial charge in [0.2, 0.25) is 5.95 Å². The number of nitrogens with zero attached hydrogens (tertiary/aromatic N) is 5.